The molecule has 0 aromatic heterocycles. The normalized spacial score (nSPS) is 16.0. The quantitative estimate of drug-likeness (QED) is 0.588. The largest absolute Gasteiger partial charge is 0.457 e. The maximum atomic E-state index is 12.8. The maximum Gasteiger partial charge on any atom is 0.323 e. The highest BCUT2D eigenvalue weighted by atomic mass is 32.2. The first-order valence-electron chi connectivity index (χ1n) is 9.28. The van der Waals surface area contributed by atoms with Gasteiger partial charge in [0.15, 0.2) is 0 Å². The summed E-state index contributed by atoms with van der Waals surface area (Å²) in [5, 5.41) is 2.98. The number of amides is 2. The van der Waals surface area contributed by atoms with Gasteiger partial charge in [-0.25, -0.2) is 4.79 Å². The van der Waals surface area contributed by atoms with Gasteiger partial charge in [0.05, 0.1) is 0 Å². The molecule has 142 valence electrons. The molecule has 1 N–H and O–H groups in total. The third kappa shape index (κ3) is 4.31. The molecule has 0 aliphatic carbocycles. The van der Waals surface area contributed by atoms with Crippen molar-refractivity contribution in [2.24, 2.45) is 0 Å². The summed E-state index contributed by atoms with van der Waals surface area (Å²) in [7, 11) is 0. The minimum Gasteiger partial charge on any atom is -0.457 e. The zero-order valence-corrected chi connectivity index (χ0v) is 16.5. The molecule has 0 saturated carbocycles. The van der Waals surface area contributed by atoms with E-state index in [4.69, 9.17) is 4.74 Å². The molecular weight excluding hydrogens is 368 g/mol. The predicted octanol–water partition coefficient (Wildman–Crippen LogP) is 6.07. The number of nitrogens with one attached hydrogen (secondary N) is 1. The van der Waals surface area contributed by atoms with Crippen LogP contribution in [0.1, 0.15) is 16.5 Å². The van der Waals surface area contributed by atoms with Crippen molar-refractivity contribution < 1.29 is 9.53 Å². The smallest absolute Gasteiger partial charge is 0.323 e. The Morgan fingerprint density at radius 1 is 1.00 bits per heavy atom. The number of ether oxygens (including phenoxy) is 1. The first-order valence-corrected chi connectivity index (χ1v) is 10.3. The summed E-state index contributed by atoms with van der Waals surface area (Å²) in [6.45, 7) is 2.75. The van der Waals surface area contributed by atoms with Crippen LogP contribution in [0, 0.1) is 6.92 Å². The lowest BCUT2D eigenvalue weighted by atomic mass is 10.2. The van der Waals surface area contributed by atoms with Gasteiger partial charge in [0.25, 0.3) is 0 Å². The van der Waals surface area contributed by atoms with E-state index in [1.165, 1.54) is 5.56 Å². The Morgan fingerprint density at radius 2 is 1.75 bits per heavy atom. The summed E-state index contributed by atoms with van der Waals surface area (Å²) in [6, 6.07) is 25.5. The summed E-state index contributed by atoms with van der Waals surface area (Å²) in [5.41, 5.74) is 3.05. The van der Waals surface area contributed by atoms with Crippen LogP contribution in [-0.4, -0.2) is 23.2 Å². The average molecular weight is 391 g/mol. The van der Waals surface area contributed by atoms with E-state index in [1.807, 2.05) is 90.7 Å². The second kappa shape index (κ2) is 8.40. The number of thioether (sulfide) groups is 1. The number of nitrogens with zero attached hydrogens (tertiary/aromatic N) is 1. The number of para-hydroxylation sites is 1. The third-order valence-corrected chi connectivity index (χ3v) is 5.84. The van der Waals surface area contributed by atoms with Gasteiger partial charge in [0.1, 0.15) is 16.9 Å². The van der Waals surface area contributed by atoms with Crippen molar-refractivity contribution in [2.45, 2.75) is 12.3 Å². The molecule has 1 atom stereocenters. The fourth-order valence-corrected chi connectivity index (χ4v) is 4.39. The fraction of sp³-hybridized carbons (Fsp3) is 0.174. The van der Waals surface area contributed by atoms with E-state index in [9.17, 15) is 4.79 Å². The van der Waals surface area contributed by atoms with Gasteiger partial charge in [-0.05, 0) is 48.9 Å². The van der Waals surface area contributed by atoms with Gasteiger partial charge < -0.3 is 15.0 Å². The van der Waals surface area contributed by atoms with Gasteiger partial charge in [-0.1, -0.05) is 48.0 Å². The number of aryl methyl sites for hydroxylation is 1. The molecule has 0 unspecified atom stereocenters. The van der Waals surface area contributed by atoms with E-state index in [-0.39, 0.29) is 11.4 Å². The van der Waals surface area contributed by atoms with Gasteiger partial charge in [-0.15, -0.1) is 11.8 Å². The molecule has 0 bridgehead atoms. The number of carbonyl (C=O) groups is 1. The molecule has 2 amide bonds. The van der Waals surface area contributed by atoms with E-state index in [0.717, 1.165) is 35.0 Å². The van der Waals surface area contributed by atoms with Crippen molar-refractivity contribution in [3.05, 3.63) is 90.0 Å². The van der Waals surface area contributed by atoms with Crippen LogP contribution in [0.15, 0.2) is 78.9 Å². The van der Waals surface area contributed by atoms with Crippen molar-refractivity contribution in [1.82, 2.24) is 4.90 Å². The SMILES string of the molecule is Cc1ccc(NC(=O)N2CCS[C@H]2c2cccc(Oc3ccccc3)c2)cc1. The zero-order chi connectivity index (χ0) is 19.3. The van der Waals surface area contributed by atoms with Crippen LogP contribution in [0.25, 0.3) is 0 Å². The number of hydrogen-bond donors (Lipinski definition) is 1. The molecule has 0 radical (unpaired) electrons. The van der Waals surface area contributed by atoms with Crippen LogP contribution < -0.4 is 10.1 Å². The summed E-state index contributed by atoms with van der Waals surface area (Å²) in [6.07, 6.45) is 0. The van der Waals surface area contributed by atoms with E-state index >= 15 is 0 Å². The van der Waals surface area contributed by atoms with Gasteiger partial charge >= 0.3 is 6.03 Å². The minimum atomic E-state index is -0.0757. The summed E-state index contributed by atoms with van der Waals surface area (Å²) < 4.78 is 5.95. The Balaban J connectivity index is 1.49. The molecule has 1 aliphatic rings. The monoisotopic (exact) mass is 390 g/mol. The molecule has 1 fully saturated rings. The van der Waals surface area contributed by atoms with Crippen LogP contribution in [0.4, 0.5) is 10.5 Å². The molecule has 0 spiro atoms. The number of rotatable bonds is 4. The Kier molecular flexibility index (Phi) is 5.53. The second-order valence-electron chi connectivity index (χ2n) is 6.70. The molecule has 1 saturated heterocycles. The van der Waals surface area contributed by atoms with Gasteiger partial charge in [-0.2, -0.15) is 0 Å². The van der Waals surface area contributed by atoms with Crippen LogP contribution in [-0.2, 0) is 0 Å². The average Bonchev–Trinajstić information content (AvgIpc) is 3.21. The lowest BCUT2D eigenvalue weighted by Gasteiger charge is -2.24. The molecular formula is C23H22N2O2S. The maximum absolute atomic E-state index is 12.8. The Labute approximate surface area is 169 Å². The van der Waals surface area contributed by atoms with Crippen molar-refractivity contribution in [2.75, 3.05) is 17.6 Å². The van der Waals surface area contributed by atoms with E-state index < -0.39 is 0 Å². The number of urea groups is 1. The van der Waals surface area contributed by atoms with Crippen molar-refractivity contribution in [3.63, 3.8) is 0 Å². The molecule has 1 heterocycles. The highest BCUT2D eigenvalue weighted by Gasteiger charge is 2.31. The lowest BCUT2D eigenvalue weighted by Crippen LogP contribution is -2.34. The highest BCUT2D eigenvalue weighted by molar-refractivity contribution is 7.99. The van der Waals surface area contributed by atoms with Gasteiger partial charge in [0.2, 0.25) is 0 Å². The predicted molar refractivity (Wildman–Crippen MR) is 115 cm³/mol. The minimum absolute atomic E-state index is 0.0234. The summed E-state index contributed by atoms with van der Waals surface area (Å²) in [4.78, 5) is 14.7. The highest BCUT2D eigenvalue weighted by Crippen LogP contribution is 2.39. The van der Waals surface area contributed by atoms with E-state index in [1.54, 1.807) is 11.8 Å². The summed E-state index contributed by atoms with van der Waals surface area (Å²) in [5.74, 6) is 2.48. The first kappa shape index (κ1) is 18.4. The first-order chi connectivity index (χ1) is 13.7. The van der Waals surface area contributed by atoms with E-state index in [2.05, 4.69) is 5.32 Å². The number of hydrogen-bond acceptors (Lipinski definition) is 3. The third-order valence-electron chi connectivity index (χ3n) is 4.58. The lowest BCUT2D eigenvalue weighted by molar-refractivity contribution is 0.214. The van der Waals surface area contributed by atoms with Crippen LogP contribution in [0.3, 0.4) is 0 Å². The second-order valence-corrected chi connectivity index (χ2v) is 7.89. The van der Waals surface area contributed by atoms with Gasteiger partial charge in [-0.3, -0.25) is 0 Å². The molecule has 5 heteroatoms. The molecule has 1 aliphatic heterocycles. The molecule has 3 aromatic carbocycles. The molecule has 3 aromatic rings. The van der Waals surface area contributed by atoms with Crippen LogP contribution in [0.5, 0.6) is 11.5 Å². The number of benzene rings is 3. The standard InChI is InChI=1S/C23H22N2O2S/c1-17-10-12-19(13-11-17)24-23(26)25-14-15-28-22(25)18-6-5-9-21(16-18)27-20-7-3-2-4-8-20/h2-13,16,22H,14-15H2,1H3,(H,24,26)/t22-/m0/s1. The van der Waals surface area contributed by atoms with Crippen molar-refractivity contribution in [3.8, 4) is 11.5 Å². The summed E-state index contributed by atoms with van der Waals surface area (Å²) >= 11 is 1.77. The topological polar surface area (TPSA) is 41.6 Å². The van der Waals surface area contributed by atoms with Gasteiger partial charge in [0, 0.05) is 18.0 Å². The number of anilines is 1. The molecule has 4 nitrogen and oxygen atoms in total. The van der Waals surface area contributed by atoms with Crippen molar-refractivity contribution >= 4 is 23.5 Å². The van der Waals surface area contributed by atoms with Crippen LogP contribution >= 0.6 is 11.8 Å². The molecule has 4 rings (SSSR count). The Morgan fingerprint density at radius 3 is 2.54 bits per heavy atom. The Hall–Kier alpha value is -2.92. The fourth-order valence-electron chi connectivity index (χ4n) is 3.14. The Bertz CT molecular complexity index is 944. The van der Waals surface area contributed by atoms with Crippen LogP contribution in [0.2, 0.25) is 0 Å². The molecule has 28 heavy (non-hydrogen) atoms. The van der Waals surface area contributed by atoms with E-state index in [0.29, 0.717) is 0 Å². The zero-order valence-electron chi connectivity index (χ0n) is 15.7. The van der Waals surface area contributed by atoms with Crippen molar-refractivity contribution in [1.29, 1.82) is 0 Å². The number of carbonyl (C=O) groups excluding carboxylic acids is 1.